The van der Waals surface area contributed by atoms with E-state index in [9.17, 15) is 14.0 Å². The summed E-state index contributed by atoms with van der Waals surface area (Å²) in [4.78, 5) is 26.4. The zero-order chi connectivity index (χ0) is 20.0. The Balaban J connectivity index is 2.12. The van der Waals surface area contributed by atoms with E-state index in [4.69, 9.17) is 0 Å². The predicted octanol–water partition coefficient (Wildman–Crippen LogP) is 2.93. The van der Waals surface area contributed by atoms with Gasteiger partial charge in [-0.25, -0.2) is 4.39 Å². The fourth-order valence-electron chi connectivity index (χ4n) is 3.12. The van der Waals surface area contributed by atoms with Crippen LogP contribution in [0.5, 0.6) is 0 Å². The molecule has 0 aliphatic heterocycles. The van der Waals surface area contributed by atoms with E-state index in [2.05, 4.69) is 9.88 Å². The van der Waals surface area contributed by atoms with Gasteiger partial charge >= 0.3 is 0 Å². The number of halogens is 1. The van der Waals surface area contributed by atoms with Gasteiger partial charge in [0.2, 0.25) is 5.91 Å². The maximum Gasteiger partial charge on any atom is 0.234 e. The van der Waals surface area contributed by atoms with Crippen LogP contribution < -0.4 is 5.32 Å². The summed E-state index contributed by atoms with van der Waals surface area (Å²) < 4.78 is 15.2. The monoisotopic (exact) mass is 373 g/mol. The van der Waals surface area contributed by atoms with E-state index in [1.807, 2.05) is 38.7 Å². The molecule has 0 saturated heterocycles. The number of aryl methyl sites for hydroxylation is 1. The average Bonchev–Trinajstić information content (AvgIpc) is 2.91. The van der Waals surface area contributed by atoms with Crippen LogP contribution >= 0.6 is 0 Å². The zero-order valence-corrected chi connectivity index (χ0v) is 16.5. The predicted molar refractivity (Wildman–Crippen MR) is 105 cm³/mol. The first kappa shape index (κ1) is 20.8. The third kappa shape index (κ3) is 5.50. The lowest BCUT2D eigenvalue weighted by Gasteiger charge is -2.19. The molecule has 6 heteroatoms. The first-order chi connectivity index (χ1) is 12.8. The number of Topliss-reactive ketones (excluding diaryl/α,β-unsaturated/α-hetero) is 1. The highest BCUT2D eigenvalue weighted by Crippen LogP contribution is 2.18. The van der Waals surface area contributed by atoms with Gasteiger partial charge in [-0.1, -0.05) is 19.1 Å². The van der Waals surface area contributed by atoms with Crippen LogP contribution in [0.1, 0.15) is 41.2 Å². The van der Waals surface area contributed by atoms with Crippen molar-refractivity contribution in [2.75, 3.05) is 26.2 Å². The SMILES string of the molecule is CCNC(=O)CN(CC)CC(=O)c1cc(C)n(Cc2ccc(F)cc2)c1C. The molecule has 2 rings (SSSR count). The maximum absolute atomic E-state index is 13.1. The Hall–Kier alpha value is -2.47. The van der Waals surface area contributed by atoms with Crippen LogP contribution in [0.3, 0.4) is 0 Å². The third-order valence-corrected chi connectivity index (χ3v) is 4.68. The summed E-state index contributed by atoms with van der Waals surface area (Å²) >= 11 is 0. The average molecular weight is 373 g/mol. The summed E-state index contributed by atoms with van der Waals surface area (Å²) in [5.74, 6) is -0.337. The van der Waals surface area contributed by atoms with Crippen LogP contribution in [0.2, 0.25) is 0 Å². The first-order valence-electron chi connectivity index (χ1n) is 9.29. The highest BCUT2D eigenvalue weighted by Gasteiger charge is 2.19. The van der Waals surface area contributed by atoms with Gasteiger partial charge in [0.25, 0.3) is 0 Å². The summed E-state index contributed by atoms with van der Waals surface area (Å²) in [6.07, 6.45) is 0. The molecule has 5 nitrogen and oxygen atoms in total. The van der Waals surface area contributed by atoms with Crippen molar-refractivity contribution >= 4 is 11.7 Å². The number of amides is 1. The summed E-state index contributed by atoms with van der Waals surface area (Å²) in [6.45, 7) is 9.88. The second-order valence-electron chi connectivity index (χ2n) is 6.68. The molecule has 0 radical (unpaired) electrons. The Morgan fingerprint density at radius 2 is 1.78 bits per heavy atom. The van der Waals surface area contributed by atoms with Crippen LogP contribution in [0.25, 0.3) is 0 Å². The van der Waals surface area contributed by atoms with E-state index in [0.717, 1.165) is 17.0 Å². The van der Waals surface area contributed by atoms with Crippen molar-refractivity contribution in [2.45, 2.75) is 34.2 Å². The van der Waals surface area contributed by atoms with E-state index in [1.54, 1.807) is 12.1 Å². The van der Waals surface area contributed by atoms with Crippen LogP contribution in [-0.2, 0) is 11.3 Å². The third-order valence-electron chi connectivity index (χ3n) is 4.68. The van der Waals surface area contributed by atoms with E-state index in [-0.39, 0.29) is 30.6 Å². The van der Waals surface area contributed by atoms with Crippen molar-refractivity contribution < 1.29 is 14.0 Å². The Bertz CT molecular complexity index is 797. The molecule has 1 N–H and O–H groups in total. The van der Waals surface area contributed by atoms with Gasteiger partial charge in [-0.3, -0.25) is 14.5 Å². The normalized spacial score (nSPS) is 11.0. The summed E-state index contributed by atoms with van der Waals surface area (Å²) in [5, 5.41) is 2.76. The van der Waals surface area contributed by atoms with Gasteiger partial charge in [-0.05, 0) is 51.1 Å². The van der Waals surface area contributed by atoms with Gasteiger partial charge < -0.3 is 9.88 Å². The molecule has 2 aromatic rings. The molecule has 0 spiro atoms. The number of nitrogens with zero attached hydrogens (tertiary/aromatic N) is 2. The summed E-state index contributed by atoms with van der Waals surface area (Å²) in [6, 6.07) is 8.27. The van der Waals surface area contributed by atoms with Crippen molar-refractivity contribution in [2.24, 2.45) is 0 Å². The first-order valence-corrected chi connectivity index (χ1v) is 9.29. The Labute approximate surface area is 160 Å². The molecule has 1 aromatic carbocycles. The topological polar surface area (TPSA) is 54.3 Å². The Morgan fingerprint density at radius 1 is 1.11 bits per heavy atom. The lowest BCUT2D eigenvalue weighted by atomic mass is 10.1. The van der Waals surface area contributed by atoms with Crippen molar-refractivity contribution in [3.05, 3.63) is 58.7 Å². The molecule has 1 aromatic heterocycles. The molecule has 0 fully saturated rings. The molecular weight excluding hydrogens is 345 g/mol. The molecule has 27 heavy (non-hydrogen) atoms. The number of rotatable bonds is 9. The number of likely N-dealkylation sites (N-methyl/N-ethyl adjacent to an activating group) is 2. The highest BCUT2D eigenvalue weighted by molar-refractivity contribution is 5.99. The van der Waals surface area contributed by atoms with Gasteiger partial charge in [0.1, 0.15) is 5.82 Å². The lowest BCUT2D eigenvalue weighted by Crippen LogP contribution is -2.39. The minimum absolute atomic E-state index is 0.000366. The quantitative estimate of drug-likeness (QED) is 0.688. The molecule has 0 unspecified atom stereocenters. The molecule has 0 aliphatic carbocycles. The van der Waals surface area contributed by atoms with E-state index in [1.165, 1.54) is 12.1 Å². The summed E-state index contributed by atoms with van der Waals surface area (Å²) in [7, 11) is 0. The number of benzene rings is 1. The molecule has 0 atom stereocenters. The van der Waals surface area contributed by atoms with Gasteiger partial charge in [-0.2, -0.15) is 0 Å². The number of carbonyl (C=O) groups is 2. The second kappa shape index (κ2) is 9.46. The van der Waals surface area contributed by atoms with Gasteiger partial charge in [0.05, 0.1) is 13.1 Å². The van der Waals surface area contributed by atoms with E-state index >= 15 is 0 Å². The molecular formula is C21H28FN3O2. The van der Waals surface area contributed by atoms with E-state index < -0.39 is 0 Å². The molecule has 0 aliphatic rings. The van der Waals surface area contributed by atoms with E-state index in [0.29, 0.717) is 25.2 Å². The minimum atomic E-state index is -0.262. The number of ketones is 1. The lowest BCUT2D eigenvalue weighted by molar-refractivity contribution is -0.121. The largest absolute Gasteiger partial charge is 0.355 e. The maximum atomic E-state index is 13.1. The van der Waals surface area contributed by atoms with Crippen LogP contribution in [0, 0.1) is 19.7 Å². The minimum Gasteiger partial charge on any atom is -0.355 e. The number of carbonyl (C=O) groups excluding carboxylic acids is 2. The molecule has 1 heterocycles. The smallest absolute Gasteiger partial charge is 0.234 e. The number of hydrogen-bond donors (Lipinski definition) is 1. The van der Waals surface area contributed by atoms with Gasteiger partial charge in [-0.15, -0.1) is 0 Å². The van der Waals surface area contributed by atoms with Crippen molar-refractivity contribution in [3.8, 4) is 0 Å². The number of hydrogen-bond acceptors (Lipinski definition) is 3. The van der Waals surface area contributed by atoms with Crippen molar-refractivity contribution in [1.82, 2.24) is 14.8 Å². The van der Waals surface area contributed by atoms with Crippen LogP contribution in [0.4, 0.5) is 4.39 Å². The second-order valence-corrected chi connectivity index (χ2v) is 6.68. The van der Waals surface area contributed by atoms with Gasteiger partial charge in [0.15, 0.2) is 5.78 Å². The molecule has 146 valence electrons. The van der Waals surface area contributed by atoms with Crippen LogP contribution in [0.15, 0.2) is 30.3 Å². The fourth-order valence-corrected chi connectivity index (χ4v) is 3.12. The van der Waals surface area contributed by atoms with Crippen LogP contribution in [-0.4, -0.2) is 47.3 Å². The van der Waals surface area contributed by atoms with Crippen molar-refractivity contribution in [3.63, 3.8) is 0 Å². The fraction of sp³-hybridized carbons (Fsp3) is 0.429. The highest BCUT2D eigenvalue weighted by atomic mass is 19.1. The van der Waals surface area contributed by atoms with Crippen molar-refractivity contribution in [1.29, 1.82) is 0 Å². The molecule has 1 amide bonds. The summed E-state index contributed by atoms with van der Waals surface area (Å²) in [5.41, 5.74) is 3.51. The molecule has 0 saturated carbocycles. The van der Waals surface area contributed by atoms with Gasteiger partial charge in [0, 0.05) is 30.0 Å². The standard InChI is InChI=1S/C21H28FN3O2/c1-5-23-21(27)14-24(6-2)13-20(26)19-11-15(3)25(16(19)4)12-17-7-9-18(22)10-8-17/h7-11H,5-6,12-14H2,1-4H3,(H,23,27). The Morgan fingerprint density at radius 3 is 2.37 bits per heavy atom. The number of nitrogens with one attached hydrogen (secondary N) is 1. The zero-order valence-electron chi connectivity index (χ0n) is 16.5. The Kier molecular flexibility index (Phi) is 7.30. The number of aromatic nitrogens is 1. The molecule has 0 bridgehead atoms.